The highest BCUT2D eigenvalue weighted by molar-refractivity contribution is 7.99. The van der Waals surface area contributed by atoms with Gasteiger partial charge in [-0.15, -0.1) is 11.8 Å². The summed E-state index contributed by atoms with van der Waals surface area (Å²) in [6.45, 7) is 9.38. The second-order valence-electron chi connectivity index (χ2n) is 13.9. The van der Waals surface area contributed by atoms with E-state index < -0.39 is 83.8 Å². The first kappa shape index (κ1) is 39.1. The number of hydrogen-bond acceptors (Lipinski definition) is 12. The summed E-state index contributed by atoms with van der Waals surface area (Å²) in [7, 11) is -1.68. The number of imide groups is 1. The van der Waals surface area contributed by atoms with Crippen LogP contribution in [0.15, 0.2) is 48.5 Å². The number of carbonyl (C=O) groups excluding carboxylic acids is 4. The summed E-state index contributed by atoms with van der Waals surface area (Å²) in [5.74, 6) is -5.05. The van der Waals surface area contributed by atoms with Crippen molar-refractivity contribution in [3.63, 3.8) is 0 Å². The number of β-lactam (4-membered cyclic amide) rings is 1. The van der Waals surface area contributed by atoms with E-state index in [0.717, 1.165) is 0 Å². The molecule has 274 valence electrons. The molecule has 2 aromatic rings. The number of nitro groups is 2. The van der Waals surface area contributed by atoms with Crippen molar-refractivity contribution in [2.45, 2.75) is 65.4 Å². The molecular formula is C33H40N4O12SSi. The highest BCUT2D eigenvalue weighted by Gasteiger charge is 2.68. The predicted molar refractivity (Wildman–Crippen MR) is 186 cm³/mol. The minimum absolute atomic E-state index is 0.0729. The number of ether oxygens (including phenoxy) is 1. The van der Waals surface area contributed by atoms with Crippen LogP contribution in [0.3, 0.4) is 0 Å². The van der Waals surface area contributed by atoms with E-state index in [2.05, 4.69) is 0 Å². The van der Waals surface area contributed by atoms with Gasteiger partial charge in [0.05, 0.1) is 27.2 Å². The van der Waals surface area contributed by atoms with E-state index in [4.69, 9.17) is 9.16 Å². The fraction of sp³-hybridized carbons (Fsp3) is 0.485. The fourth-order valence-electron chi connectivity index (χ4n) is 6.67. The van der Waals surface area contributed by atoms with Gasteiger partial charge in [0.25, 0.3) is 11.4 Å². The lowest BCUT2D eigenvalue weighted by atomic mass is 9.52. The first-order valence-corrected chi connectivity index (χ1v) is 20.0. The van der Waals surface area contributed by atoms with E-state index in [9.17, 15) is 49.3 Å². The Morgan fingerprint density at radius 2 is 1.55 bits per heavy atom. The molecule has 0 radical (unpaired) electrons. The smallest absolute Gasteiger partial charge is 0.411 e. The van der Waals surface area contributed by atoms with Crippen LogP contribution in [0.5, 0.6) is 0 Å². The lowest BCUT2D eigenvalue weighted by Gasteiger charge is -2.60. The van der Waals surface area contributed by atoms with Crippen LogP contribution in [0.2, 0.25) is 13.1 Å². The van der Waals surface area contributed by atoms with Gasteiger partial charge >= 0.3 is 18.0 Å². The quantitative estimate of drug-likeness (QED) is 0.100. The van der Waals surface area contributed by atoms with Crippen LogP contribution < -0.4 is 0 Å². The van der Waals surface area contributed by atoms with E-state index in [0.29, 0.717) is 16.0 Å². The van der Waals surface area contributed by atoms with Crippen LogP contribution in [0, 0.1) is 37.0 Å². The summed E-state index contributed by atoms with van der Waals surface area (Å²) in [5.41, 5.74) is -1.54. The molecule has 1 N–H and O–H groups in total. The number of non-ortho nitro benzene ring substituents is 2. The summed E-state index contributed by atoms with van der Waals surface area (Å²) in [6.07, 6.45) is -1.36. The second kappa shape index (κ2) is 15.7. The minimum atomic E-state index is -1.88. The van der Waals surface area contributed by atoms with E-state index in [1.54, 1.807) is 0 Å². The molecule has 2 aliphatic heterocycles. The zero-order valence-corrected chi connectivity index (χ0v) is 30.8. The normalized spacial score (nSPS) is 20.9. The van der Waals surface area contributed by atoms with Gasteiger partial charge in [0.15, 0.2) is 14.8 Å². The van der Waals surface area contributed by atoms with Gasteiger partial charge in [-0.2, -0.15) is 0 Å². The number of benzene rings is 2. The zero-order valence-electron chi connectivity index (χ0n) is 28.8. The molecule has 4 atom stereocenters. The van der Waals surface area contributed by atoms with Gasteiger partial charge in [-0.25, -0.2) is 9.59 Å². The number of likely N-dealkylation sites (tertiary alicyclic amines) is 1. The van der Waals surface area contributed by atoms with Crippen molar-refractivity contribution in [1.82, 2.24) is 9.80 Å². The van der Waals surface area contributed by atoms with Crippen LogP contribution >= 0.6 is 11.8 Å². The molecule has 2 saturated heterocycles. The van der Waals surface area contributed by atoms with E-state index in [1.807, 2.05) is 33.9 Å². The molecule has 4 rings (SSSR count). The molecule has 0 saturated carbocycles. The van der Waals surface area contributed by atoms with E-state index >= 15 is 0 Å². The van der Waals surface area contributed by atoms with Gasteiger partial charge in [0.2, 0.25) is 5.91 Å². The maximum atomic E-state index is 14.4. The lowest BCUT2D eigenvalue weighted by molar-refractivity contribution is -0.385. The Labute approximate surface area is 299 Å². The molecular weight excluding hydrogens is 705 g/mol. The van der Waals surface area contributed by atoms with Crippen LogP contribution in [0.1, 0.15) is 38.3 Å². The Balaban J connectivity index is 1.69. The monoisotopic (exact) mass is 744 g/mol. The minimum Gasteiger partial charge on any atom is -0.474 e. The van der Waals surface area contributed by atoms with Crippen molar-refractivity contribution in [1.29, 1.82) is 0 Å². The maximum Gasteiger partial charge on any atom is 0.411 e. The Morgan fingerprint density at radius 1 is 1.00 bits per heavy atom. The molecule has 16 nitrogen and oxygen atoms in total. The maximum absolute atomic E-state index is 14.4. The number of amides is 3. The molecule has 2 heterocycles. The third-order valence-electron chi connectivity index (χ3n) is 9.22. The van der Waals surface area contributed by atoms with Gasteiger partial charge in [-0.1, -0.05) is 32.9 Å². The number of ketones is 1. The third kappa shape index (κ3) is 8.45. The molecule has 2 aliphatic rings. The molecule has 18 heteroatoms. The van der Waals surface area contributed by atoms with Gasteiger partial charge in [0, 0.05) is 49.0 Å². The summed E-state index contributed by atoms with van der Waals surface area (Å²) >= 11 is 1.28. The lowest BCUT2D eigenvalue weighted by Crippen LogP contribution is -2.76. The molecule has 0 aliphatic carbocycles. The Hall–Kier alpha value is -4.68. The number of aliphatic carboxylic acids is 1. The van der Waals surface area contributed by atoms with E-state index in [1.165, 1.54) is 65.2 Å². The number of rotatable bonds is 13. The third-order valence-corrected chi connectivity index (χ3v) is 11.1. The Bertz CT molecular complexity index is 1700. The average Bonchev–Trinajstić information content (AvgIpc) is 3.56. The topological polar surface area (TPSA) is 217 Å². The van der Waals surface area contributed by atoms with Crippen molar-refractivity contribution in [3.05, 3.63) is 79.9 Å². The Kier molecular flexibility index (Phi) is 12.0. The fourth-order valence-corrected chi connectivity index (χ4v) is 8.43. The second-order valence-corrected chi connectivity index (χ2v) is 17.3. The molecule has 0 bridgehead atoms. The summed E-state index contributed by atoms with van der Waals surface area (Å²) in [5, 5.41) is 32.0. The molecule has 2 fully saturated rings. The molecule has 0 unspecified atom stereocenters. The largest absolute Gasteiger partial charge is 0.474 e. The number of carboxylic acid groups (broad SMARTS) is 1. The van der Waals surface area contributed by atoms with Crippen molar-refractivity contribution in [2.75, 3.05) is 18.2 Å². The van der Waals surface area contributed by atoms with Crippen LogP contribution in [0.25, 0.3) is 0 Å². The van der Waals surface area contributed by atoms with E-state index in [-0.39, 0.29) is 42.6 Å². The number of carbonyl (C=O) groups is 5. The van der Waals surface area contributed by atoms with Crippen LogP contribution in [-0.4, -0.2) is 93.8 Å². The van der Waals surface area contributed by atoms with Crippen molar-refractivity contribution in [3.8, 4) is 0 Å². The molecule has 0 spiro atoms. The van der Waals surface area contributed by atoms with Gasteiger partial charge in [-0.3, -0.25) is 44.4 Å². The Morgan fingerprint density at radius 3 is 2.04 bits per heavy atom. The number of nitrogens with zero attached hydrogens (tertiary/aromatic N) is 4. The van der Waals surface area contributed by atoms with Gasteiger partial charge in [-0.05, 0) is 48.2 Å². The average molecular weight is 745 g/mol. The number of nitro benzene ring substituents is 2. The van der Waals surface area contributed by atoms with Gasteiger partial charge in [0.1, 0.15) is 12.6 Å². The number of hydrogen-bond donors (Lipinski definition) is 1. The highest BCUT2D eigenvalue weighted by atomic mass is 32.2. The zero-order chi connectivity index (χ0) is 37.8. The number of Topliss-reactive ketones (excluding diaryl/α,β-unsaturated/α-hetero) is 1. The number of thioether (sulfide) groups is 1. The predicted octanol–water partition coefficient (Wildman–Crippen LogP) is 4.19. The summed E-state index contributed by atoms with van der Waals surface area (Å²) in [4.78, 5) is 89.8. The SMILES string of the molecule is C[SiH](C)OC[C@H](C(C)(C)C)[C@]1(Cc2ccc([N+](=O)[O-])cc2)C(=O)N(C(=O)C(=O)O)[C@@H]1CC(=O)[C@@H]1CSCN1C(=O)OCc1ccc([N+](=O)[O-])cc1. The first-order chi connectivity index (χ1) is 23.9. The summed E-state index contributed by atoms with van der Waals surface area (Å²) < 4.78 is 11.6. The van der Waals surface area contributed by atoms with Crippen molar-refractivity contribution < 1.29 is 48.1 Å². The van der Waals surface area contributed by atoms with Crippen molar-refractivity contribution >= 4 is 61.8 Å². The standard InChI is InChI=1S/C33H40N4O12SSi/c1-32(2,3)26(17-49-51(4)5)33(15-20-6-10-22(11-7-20)36(44)45)27(35(30(33)42)28(39)29(40)41)14-25(38)24-18-50-19-34(24)31(43)48-16-21-8-12-23(13-9-21)37(46)47/h6-13,24,26-27,51H,14-19H2,1-5H3,(H,40,41)/t24-,26+,27+,33-/m0/s1. The molecule has 3 amide bonds. The van der Waals surface area contributed by atoms with Gasteiger partial charge < -0.3 is 14.3 Å². The summed E-state index contributed by atoms with van der Waals surface area (Å²) in [6, 6.07) is 8.69. The number of carboxylic acids is 1. The molecule has 0 aromatic heterocycles. The van der Waals surface area contributed by atoms with Crippen LogP contribution in [0.4, 0.5) is 16.2 Å². The molecule has 2 aromatic carbocycles. The first-order valence-electron chi connectivity index (χ1n) is 16.1. The highest BCUT2D eigenvalue weighted by Crippen LogP contribution is 2.55. The molecule has 51 heavy (non-hydrogen) atoms. The van der Waals surface area contributed by atoms with Crippen molar-refractivity contribution in [2.24, 2.45) is 16.7 Å². The van der Waals surface area contributed by atoms with Crippen LogP contribution in [-0.2, 0) is 41.4 Å².